The smallest absolute Gasteiger partial charge is 0.239 e. The summed E-state index contributed by atoms with van der Waals surface area (Å²) in [5, 5.41) is 0. The van der Waals surface area contributed by atoms with E-state index in [-0.39, 0.29) is 23.5 Å². The molecular weight excluding hydrogens is 466 g/mol. The van der Waals surface area contributed by atoms with E-state index in [1.807, 2.05) is 67.6 Å². The van der Waals surface area contributed by atoms with Crippen LogP contribution in [0.1, 0.15) is 40.7 Å². The zero-order valence-corrected chi connectivity index (χ0v) is 19.2. The first kappa shape index (κ1) is 19.6. The zero-order valence-electron chi connectivity index (χ0n) is 17.6. The molecule has 0 saturated carbocycles. The van der Waals surface area contributed by atoms with Crippen molar-refractivity contribution in [3.05, 3.63) is 99.0 Å². The Morgan fingerprint density at radius 3 is 2.06 bits per heavy atom. The van der Waals surface area contributed by atoms with Crippen LogP contribution in [-0.4, -0.2) is 17.6 Å². The van der Waals surface area contributed by atoms with Crippen molar-refractivity contribution < 1.29 is 14.4 Å². The van der Waals surface area contributed by atoms with Crippen molar-refractivity contribution in [2.45, 2.75) is 25.2 Å². The third-order valence-corrected chi connectivity index (χ3v) is 8.44. The Balaban J connectivity index is 1.66. The number of hydrogen-bond donors (Lipinski definition) is 0. The van der Waals surface area contributed by atoms with Gasteiger partial charge in [0, 0.05) is 10.4 Å². The second kappa shape index (κ2) is 6.48. The van der Waals surface area contributed by atoms with Crippen molar-refractivity contribution in [3.8, 4) is 0 Å². The molecule has 1 heterocycles. The van der Waals surface area contributed by atoms with Crippen LogP contribution >= 0.6 is 15.9 Å². The fourth-order valence-corrected chi connectivity index (χ4v) is 6.71. The van der Waals surface area contributed by atoms with Crippen molar-refractivity contribution in [1.29, 1.82) is 0 Å². The number of anilines is 1. The quantitative estimate of drug-likeness (QED) is 0.485. The van der Waals surface area contributed by atoms with Gasteiger partial charge in [0.05, 0.1) is 22.9 Å². The highest BCUT2D eigenvalue weighted by Gasteiger charge is 2.69. The molecule has 4 aliphatic rings. The SMILES string of the molecule is CC(=O)C12c3ccccc3C(c3ccccc31)[C@@H]1C(=O)N(c3ccc(C)c(Br)c3)C(=O)[C@@H]12. The van der Waals surface area contributed by atoms with Crippen LogP contribution in [0.5, 0.6) is 0 Å². The van der Waals surface area contributed by atoms with E-state index in [0.29, 0.717) is 5.69 Å². The summed E-state index contributed by atoms with van der Waals surface area (Å²) >= 11 is 3.52. The number of carbonyl (C=O) groups is 3. The lowest BCUT2D eigenvalue weighted by Gasteiger charge is -2.52. The minimum Gasteiger partial charge on any atom is -0.299 e. The maximum absolute atomic E-state index is 14.0. The number of halogens is 1. The van der Waals surface area contributed by atoms with Gasteiger partial charge in [-0.3, -0.25) is 14.4 Å². The van der Waals surface area contributed by atoms with Gasteiger partial charge in [-0.1, -0.05) is 70.5 Å². The van der Waals surface area contributed by atoms with Crippen LogP contribution in [0.2, 0.25) is 0 Å². The van der Waals surface area contributed by atoms with E-state index >= 15 is 0 Å². The highest BCUT2D eigenvalue weighted by Crippen LogP contribution is 2.64. The normalized spacial score (nSPS) is 27.2. The van der Waals surface area contributed by atoms with Gasteiger partial charge in [0.2, 0.25) is 11.8 Å². The summed E-state index contributed by atoms with van der Waals surface area (Å²) in [5.41, 5.74) is 4.10. The van der Waals surface area contributed by atoms with Gasteiger partial charge < -0.3 is 0 Å². The van der Waals surface area contributed by atoms with E-state index in [1.54, 1.807) is 13.0 Å². The summed E-state index contributed by atoms with van der Waals surface area (Å²) in [4.78, 5) is 42.8. The van der Waals surface area contributed by atoms with Gasteiger partial charge in [0.25, 0.3) is 0 Å². The molecule has 2 amide bonds. The summed E-state index contributed by atoms with van der Waals surface area (Å²) in [6.07, 6.45) is 0. The van der Waals surface area contributed by atoms with E-state index in [9.17, 15) is 14.4 Å². The second-order valence-electron chi connectivity index (χ2n) is 8.97. The Bertz CT molecular complexity index is 1310. The predicted octanol–water partition coefficient (Wildman–Crippen LogP) is 4.90. The number of carbonyl (C=O) groups excluding carboxylic acids is 3. The first-order chi connectivity index (χ1) is 15.4. The van der Waals surface area contributed by atoms with Gasteiger partial charge in [0.15, 0.2) is 0 Å². The largest absolute Gasteiger partial charge is 0.299 e. The van der Waals surface area contributed by atoms with Crippen LogP contribution in [0.4, 0.5) is 5.69 Å². The standard InChI is InChI=1S/C27H20BrNO3/c1-14-11-12-16(13-21(14)28)29-25(31)23-22-17-7-3-5-9-19(17)27(15(2)30,24(23)26(29)32)20-10-6-4-8-18(20)22/h3-13,22-24H,1-2H3/t22?,23-,24+,27?/m0/s1. The number of ketones is 1. The molecule has 0 aromatic heterocycles. The van der Waals surface area contributed by atoms with Crippen LogP contribution in [0, 0.1) is 18.8 Å². The van der Waals surface area contributed by atoms with Gasteiger partial charge in [0.1, 0.15) is 5.78 Å². The molecule has 32 heavy (non-hydrogen) atoms. The van der Waals surface area contributed by atoms with E-state index in [2.05, 4.69) is 15.9 Å². The van der Waals surface area contributed by atoms with Gasteiger partial charge in [-0.15, -0.1) is 0 Å². The van der Waals surface area contributed by atoms with Gasteiger partial charge in [-0.2, -0.15) is 0 Å². The number of hydrogen-bond acceptors (Lipinski definition) is 3. The minimum atomic E-state index is -1.16. The first-order valence-electron chi connectivity index (χ1n) is 10.7. The molecule has 0 N–H and O–H groups in total. The molecule has 0 radical (unpaired) electrons. The number of Topliss-reactive ketones (excluding diaryl/α,β-unsaturated/α-hetero) is 1. The van der Waals surface area contributed by atoms with E-state index in [0.717, 1.165) is 32.3 Å². The van der Waals surface area contributed by atoms with Gasteiger partial charge in [-0.05, 0) is 53.8 Å². The average Bonchev–Trinajstić information content (AvgIpc) is 3.06. The molecule has 0 unspecified atom stereocenters. The third kappa shape index (κ3) is 2.15. The van der Waals surface area contributed by atoms with Crippen LogP contribution in [0.15, 0.2) is 71.2 Å². The van der Waals surface area contributed by atoms with Crippen LogP contribution in [-0.2, 0) is 19.8 Å². The van der Waals surface area contributed by atoms with E-state index in [4.69, 9.17) is 0 Å². The molecule has 7 rings (SSSR count). The molecule has 5 heteroatoms. The molecule has 2 bridgehead atoms. The molecule has 4 nitrogen and oxygen atoms in total. The lowest BCUT2D eigenvalue weighted by Crippen LogP contribution is -2.57. The number of nitrogens with zero attached hydrogens (tertiary/aromatic N) is 1. The molecule has 2 atom stereocenters. The van der Waals surface area contributed by atoms with Crippen molar-refractivity contribution in [3.63, 3.8) is 0 Å². The molecule has 158 valence electrons. The molecule has 1 fully saturated rings. The van der Waals surface area contributed by atoms with Crippen molar-refractivity contribution >= 4 is 39.2 Å². The van der Waals surface area contributed by atoms with E-state index < -0.39 is 17.3 Å². The summed E-state index contributed by atoms with van der Waals surface area (Å²) in [6, 6.07) is 21.1. The molecule has 0 spiro atoms. The number of rotatable bonds is 2. The Kier molecular flexibility index (Phi) is 3.98. The Morgan fingerprint density at radius 2 is 1.50 bits per heavy atom. The van der Waals surface area contributed by atoms with Crippen molar-refractivity contribution in [1.82, 2.24) is 0 Å². The fraction of sp³-hybridized carbons (Fsp3) is 0.222. The Morgan fingerprint density at radius 1 is 0.906 bits per heavy atom. The first-order valence-corrected chi connectivity index (χ1v) is 11.5. The van der Waals surface area contributed by atoms with E-state index in [1.165, 1.54) is 4.90 Å². The number of benzene rings is 3. The van der Waals surface area contributed by atoms with Gasteiger partial charge in [-0.25, -0.2) is 4.90 Å². The van der Waals surface area contributed by atoms with Crippen molar-refractivity contribution in [2.75, 3.05) is 4.90 Å². The maximum Gasteiger partial charge on any atom is 0.239 e. The highest BCUT2D eigenvalue weighted by molar-refractivity contribution is 9.10. The second-order valence-corrected chi connectivity index (χ2v) is 9.82. The third-order valence-electron chi connectivity index (χ3n) is 7.59. The number of aryl methyl sites for hydroxylation is 1. The molecule has 3 aromatic rings. The van der Waals surface area contributed by atoms with Crippen LogP contribution in [0.25, 0.3) is 0 Å². The maximum atomic E-state index is 14.0. The summed E-state index contributed by atoms with van der Waals surface area (Å²) in [6.45, 7) is 3.51. The topological polar surface area (TPSA) is 54.5 Å². The lowest BCUT2D eigenvalue weighted by atomic mass is 9.46. The summed E-state index contributed by atoms with van der Waals surface area (Å²) in [5.74, 6) is -2.21. The van der Waals surface area contributed by atoms with Crippen LogP contribution < -0.4 is 4.90 Å². The molecule has 3 aromatic carbocycles. The number of amides is 2. The molecular formula is C27H20BrNO3. The molecule has 1 aliphatic heterocycles. The lowest BCUT2D eigenvalue weighted by molar-refractivity contribution is -0.132. The predicted molar refractivity (Wildman–Crippen MR) is 125 cm³/mol. The monoisotopic (exact) mass is 485 g/mol. The van der Waals surface area contributed by atoms with Crippen molar-refractivity contribution in [2.24, 2.45) is 11.8 Å². The summed E-state index contributed by atoms with van der Waals surface area (Å²) in [7, 11) is 0. The summed E-state index contributed by atoms with van der Waals surface area (Å²) < 4.78 is 0.835. The van der Waals surface area contributed by atoms with Crippen LogP contribution in [0.3, 0.4) is 0 Å². The Hall–Kier alpha value is -3.05. The average molecular weight is 486 g/mol. The molecule has 3 aliphatic carbocycles. The highest BCUT2D eigenvalue weighted by atomic mass is 79.9. The fourth-order valence-electron chi connectivity index (χ4n) is 6.35. The van der Waals surface area contributed by atoms with Gasteiger partial charge >= 0.3 is 0 Å². The number of imide groups is 1. The zero-order chi connectivity index (χ0) is 22.4. The molecule has 1 saturated heterocycles. The minimum absolute atomic E-state index is 0.0985. The Labute approximate surface area is 194 Å².